The normalized spacial score (nSPS) is 11.8. The van der Waals surface area contributed by atoms with E-state index in [0.29, 0.717) is 0 Å². The summed E-state index contributed by atoms with van der Waals surface area (Å²) in [4.78, 5) is 11.6. The van der Waals surface area contributed by atoms with Crippen molar-refractivity contribution in [2.75, 3.05) is 13.6 Å². The summed E-state index contributed by atoms with van der Waals surface area (Å²) in [6.07, 6.45) is 6.05. The highest BCUT2D eigenvalue weighted by atomic mass is 32.1. The summed E-state index contributed by atoms with van der Waals surface area (Å²) in [6.45, 7) is 3.79. The van der Waals surface area contributed by atoms with Crippen molar-refractivity contribution >= 4 is 22.9 Å². The molecule has 2 N–H and O–H groups in total. The minimum Gasteiger partial charge on any atom is -0.356 e. The van der Waals surface area contributed by atoms with Gasteiger partial charge in [0.05, 0.1) is 12.2 Å². The van der Waals surface area contributed by atoms with E-state index >= 15 is 0 Å². The smallest absolute Gasteiger partial charge is 0.191 e. The second-order valence-electron chi connectivity index (χ2n) is 5.52. The molecule has 126 valence electrons. The van der Waals surface area contributed by atoms with Gasteiger partial charge in [-0.3, -0.25) is 4.99 Å². The molecular formula is C18H23N5S. The number of nitrogens with one attached hydrogen (secondary N) is 2. The lowest BCUT2D eigenvalue weighted by molar-refractivity contribution is 0.791. The van der Waals surface area contributed by atoms with Crippen molar-refractivity contribution in [1.29, 1.82) is 0 Å². The Morgan fingerprint density at radius 2 is 2.08 bits per heavy atom. The second-order valence-corrected chi connectivity index (χ2v) is 6.78. The number of aromatic nitrogens is 2. The highest BCUT2D eigenvalue weighted by Crippen LogP contribution is 2.16. The summed E-state index contributed by atoms with van der Waals surface area (Å²) in [5.41, 5.74) is 2.06. The van der Waals surface area contributed by atoms with Crippen molar-refractivity contribution in [2.24, 2.45) is 4.99 Å². The Bertz CT molecular complexity index is 785. The van der Waals surface area contributed by atoms with Gasteiger partial charge in [0, 0.05) is 42.2 Å². The van der Waals surface area contributed by atoms with Gasteiger partial charge in [0.1, 0.15) is 5.65 Å². The highest BCUT2D eigenvalue weighted by Gasteiger charge is 2.03. The number of pyridine rings is 1. The van der Waals surface area contributed by atoms with Crippen LogP contribution in [-0.4, -0.2) is 28.9 Å². The number of nitrogens with zero attached hydrogens (tertiary/aromatic N) is 3. The maximum Gasteiger partial charge on any atom is 0.191 e. The second kappa shape index (κ2) is 7.97. The first-order valence-electron chi connectivity index (χ1n) is 8.23. The van der Waals surface area contributed by atoms with Gasteiger partial charge >= 0.3 is 0 Å². The predicted octanol–water partition coefficient (Wildman–Crippen LogP) is 2.87. The number of aliphatic imine (C=N–C) groups is 1. The van der Waals surface area contributed by atoms with Crippen molar-refractivity contribution in [3.05, 3.63) is 58.2 Å². The van der Waals surface area contributed by atoms with Gasteiger partial charge in [-0.1, -0.05) is 13.0 Å². The maximum atomic E-state index is 4.61. The summed E-state index contributed by atoms with van der Waals surface area (Å²) in [5.74, 6) is 0.824. The van der Waals surface area contributed by atoms with Gasteiger partial charge in [-0.2, -0.15) is 0 Å². The molecule has 0 unspecified atom stereocenters. The van der Waals surface area contributed by atoms with E-state index in [2.05, 4.69) is 45.9 Å². The minimum atomic E-state index is 0.800. The molecule has 3 aromatic heterocycles. The number of guanidine groups is 1. The summed E-state index contributed by atoms with van der Waals surface area (Å²) in [7, 11) is 1.80. The molecule has 3 rings (SSSR count). The molecule has 5 nitrogen and oxygen atoms in total. The molecule has 0 radical (unpaired) electrons. The van der Waals surface area contributed by atoms with Crippen LogP contribution in [0.15, 0.2) is 47.7 Å². The third-order valence-electron chi connectivity index (χ3n) is 3.81. The summed E-state index contributed by atoms with van der Waals surface area (Å²) < 4.78 is 2.05. The van der Waals surface area contributed by atoms with E-state index in [0.717, 1.165) is 43.2 Å². The quantitative estimate of drug-likeness (QED) is 0.535. The van der Waals surface area contributed by atoms with Crippen molar-refractivity contribution in [1.82, 2.24) is 20.0 Å². The Balaban J connectivity index is 1.47. The van der Waals surface area contributed by atoms with Crippen LogP contribution in [0.1, 0.15) is 22.4 Å². The van der Waals surface area contributed by atoms with E-state index in [4.69, 9.17) is 0 Å². The lowest BCUT2D eigenvalue weighted by Gasteiger charge is -2.10. The van der Waals surface area contributed by atoms with Crippen LogP contribution >= 0.6 is 11.3 Å². The molecule has 0 saturated carbocycles. The van der Waals surface area contributed by atoms with E-state index in [1.54, 1.807) is 7.05 Å². The van der Waals surface area contributed by atoms with Crippen molar-refractivity contribution in [3.8, 4) is 0 Å². The largest absolute Gasteiger partial charge is 0.356 e. The molecule has 0 spiro atoms. The number of thiophene rings is 1. The fourth-order valence-corrected chi connectivity index (χ4v) is 3.41. The molecule has 0 aliphatic heterocycles. The summed E-state index contributed by atoms with van der Waals surface area (Å²) in [5, 5.41) is 6.71. The molecule has 24 heavy (non-hydrogen) atoms. The minimum absolute atomic E-state index is 0.800. The molecular weight excluding hydrogens is 318 g/mol. The Hall–Kier alpha value is -2.34. The van der Waals surface area contributed by atoms with Gasteiger partial charge in [0.15, 0.2) is 5.96 Å². The van der Waals surface area contributed by atoms with Crippen molar-refractivity contribution in [3.63, 3.8) is 0 Å². The van der Waals surface area contributed by atoms with E-state index < -0.39 is 0 Å². The standard InChI is InChI=1S/C18H23N5S/c1-3-15-7-8-16(24-15)12-21-18(19-2)20-10-9-14-13-23-11-5-4-6-17(23)22-14/h4-8,11,13H,3,9-10,12H2,1-2H3,(H2,19,20,21). The number of fused-ring (bicyclic) bond motifs is 1. The van der Waals surface area contributed by atoms with Gasteiger partial charge in [-0.15, -0.1) is 11.3 Å². The van der Waals surface area contributed by atoms with E-state index in [9.17, 15) is 0 Å². The van der Waals surface area contributed by atoms with Crippen LogP contribution in [0.25, 0.3) is 5.65 Å². The number of rotatable bonds is 6. The monoisotopic (exact) mass is 341 g/mol. The third-order valence-corrected chi connectivity index (χ3v) is 5.04. The molecule has 0 aliphatic carbocycles. The molecule has 0 saturated heterocycles. The maximum absolute atomic E-state index is 4.61. The molecule has 3 heterocycles. The SMILES string of the molecule is CCc1ccc(CNC(=NC)NCCc2cn3ccccc3n2)s1. The fourth-order valence-electron chi connectivity index (χ4n) is 2.52. The highest BCUT2D eigenvalue weighted by molar-refractivity contribution is 7.11. The topological polar surface area (TPSA) is 53.7 Å². The number of hydrogen-bond donors (Lipinski definition) is 2. The Morgan fingerprint density at radius 3 is 2.83 bits per heavy atom. The lowest BCUT2D eigenvalue weighted by Crippen LogP contribution is -2.37. The molecule has 3 aromatic rings. The van der Waals surface area contributed by atoms with Crippen molar-refractivity contribution in [2.45, 2.75) is 26.3 Å². The molecule has 0 amide bonds. The summed E-state index contributed by atoms with van der Waals surface area (Å²) >= 11 is 1.85. The average molecular weight is 341 g/mol. The lowest BCUT2D eigenvalue weighted by atomic mass is 10.3. The molecule has 0 atom stereocenters. The Labute approximate surface area is 146 Å². The average Bonchev–Trinajstić information content (AvgIpc) is 3.23. The zero-order valence-corrected chi connectivity index (χ0v) is 14.9. The Morgan fingerprint density at radius 1 is 1.21 bits per heavy atom. The van der Waals surface area contributed by atoms with Crippen LogP contribution in [0.5, 0.6) is 0 Å². The first-order valence-corrected chi connectivity index (χ1v) is 9.05. The third kappa shape index (κ3) is 4.14. The van der Waals surface area contributed by atoms with E-state index in [1.807, 2.05) is 40.1 Å². The van der Waals surface area contributed by atoms with Crippen LogP contribution in [0.4, 0.5) is 0 Å². The van der Waals surface area contributed by atoms with Crippen LogP contribution < -0.4 is 10.6 Å². The van der Waals surface area contributed by atoms with Crippen LogP contribution in [0, 0.1) is 0 Å². The summed E-state index contributed by atoms with van der Waals surface area (Å²) in [6, 6.07) is 10.4. The Kier molecular flexibility index (Phi) is 5.48. The fraction of sp³-hybridized carbons (Fsp3) is 0.333. The molecule has 0 bridgehead atoms. The number of hydrogen-bond acceptors (Lipinski definition) is 3. The van der Waals surface area contributed by atoms with E-state index in [-0.39, 0.29) is 0 Å². The van der Waals surface area contributed by atoms with Gasteiger partial charge in [-0.25, -0.2) is 4.98 Å². The van der Waals surface area contributed by atoms with Gasteiger partial charge < -0.3 is 15.0 Å². The molecule has 0 aliphatic rings. The van der Waals surface area contributed by atoms with Gasteiger partial charge in [0.2, 0.25) is 0 Å². The molecule has 0 fully saturated rings. The zero-order valence-electron chi connectivity index (χ0n) is 14.1. The predicted molar refractivity (Wildman–Crippen MR) is 101 cm³/mol. The first-order chi connectivity index (χ1) is 11.8. The van der Waals surface area contributed by atoms with E-state index in [1.165, 1.54) is 9.75 Å². The first kappa shape index (κ1) is 16.5. The number of imidazole rings is 1. The van der Waals surface area contributed by atoms with Crippen molar-refractivity contribution < 1.29 is 0 Å². The zero-order chi connectivity index (χ0) is 16.8. The van der Waals surface area contributed by atoms with Crippen LogP contribution in [0.2, 0.25) is 0 Å². The molecule has 6 heteroatoms. The van der Waals surface area contributed by atoms with Gasteiger partial charge in [0.25, 0.3) is 0 Å². The number of aryl methyl sites for hydroxylation is 1. The van der Waals surface area contributed by atoms with Crippen LogP contribution in [0.3, 0.4) is 0 Å². The molecule has 0 aromatic carbocycles. The van der Waals surface area contributed by atoms with Gasteiger partial charge in [-0.05, 0) is 30.7 Å². The van der Waals surface area contributed by atoms with Crippen LogP contribution in [-0.2, 0) is 19.4 Å².